The molecule has 0 saturated heterocycles. The Morgan fingerprint density at radius 2 is 2.00 bits per heavy atom. The molecule has 0 atom stereocenters. The van der Waals surface area contributed by atoms with Crippen molar-refractivity contribution >= 4 is 21.6 Å². The molecule has 0 aliphatic carbocycles. The maximum Gasteiger partial charge on any atom is 0.241 e. The number of nitrogens with two attached hydrogens (primary N) is 1. The predicted octanol–water partition coefficient (Wildman–Crippen LogP) is 0.198. The van der Waals surface area contributed by atoms with Gasteiger partial charge in [0.05, 0.1) is 11.4 Å². The van der Waals surface area contributed by atoms with Crippen molar-refractivity contribution in [3.05, 3.63) is 23.8 Å². The van der Waals surface area contributed by atoms with E-state index in [4.69, 9.17) is 5.73 Å². The number of benzene rings is 1. The number of rotatable bonds is 5. The summed E-state index contributed by atoms with van der Waals surface area (Å²) in [5, 5.41) is 0. The first kappa shape index (κ1) is 15.5. The molecule has 0 unspecified atom stereocenters. The molecular formula is C12H19N3O3S. The molecule has 0 radical (unpaired) electrons. The highest BCUT2D eigenvalue weighted by atomic mass is 32.2. The standard InChI is InChI=1S/C12H19N3O3S/c1-4-9-5-6-10(13)7-11(9)19(17,18)14-8-12(16)15(2)3/h5-7,14H,4,8,13H2,1-3H3. The highest BCUT2D eigenvalue weighted by Gasteiger charge is 2.19. The maximum atomic E-state index is 12.2. The Labute approximate surface area is 113 Å². The van der Waals surface area contributed by atoms with Crippen LogP contribution in [-0.2, 0) is 21.2 Å². The van der Waals surface area contributed by atoms with Crippen LogP contribution < -0.4 is 10.5 Å². The van der Waals surface area contributed by atoms with Gasteiger partial charge < -0.3 is 10.6 Å². The van der Waals surface area contributed by atoms with E-state index in [1.165, 1.54) is 11.0 Å². The van der Waals surface area contributed by atoms with Gasteiger partial charge in [-0.1, -0.05) is 13.0 Å². The van der Waals surface area contributed by atoms with Gasteiger partial charge in [0.25, 0.3) is 0 Å². The number of anilines is 1. The Kier molecular flexibility index (Phi) is 4.90. The van der Waals surface area contributed by atoms with E-state index >= 15 is 0 Å². The first-order chi connectivity index (χ1) is 8.77. The average Bonchev–Trinajstić information content (AvgIpc) is 2.35. The lowest BCUT2D eigenvalue weighted by Gasteiger charge is -2.13. The monoisotopic (exact) mass is 285 g/mol. The Balaban J connectivity index is 3.00. The van der Waals surface area contributed by atoms with Gasteiger partial charge in [-0.05, 0) is 24.1 Å². The van der Waals surface area contributed by atoms with Crippen LogP contribution in [0.1, 0.15) is 12.5 Å². The van der Waals surface area contributed by atoms with E-state index < -0.39 is 10.0 Å². The maximum absolute atomic E-state index is 12.2. The minimum absolute atomic E-state index is 0.126. The van der Waals surface area contributed by atoms with Crippen molar-refractivity contribution in [1.82, 2.24) is 9.62 Å². The summed E-state index contributed by atoms with van der Waals surface area (Å²) in [6.07, 6.45) is 0.568. The number of nitrogens with one attached hydrogen (secondary N) is 1. The molecule has 0 bridgehead atoms. The van der Waals surface area contributed by atoms with Gasteiger partial charge in [-0.25, -0.2) is 13.1 Å². The molecule has 0 heterocycles. The number of carbonyl (C=O) groups is 1. The second-order valence-corrected chi connectivity index (χ2v) is 6.07. The molecule has 0 aliphatic rings. The lowest BCUT2D eigenvalue weighted by Crippen LogP contribution is -2.36. The summed E-state index contributed by atoms with van der Waals surface area (Å²) in [4.78, 5) is 12.9. The molecule has 0 aromatic heterocycles. The third-order valence-electron chi connectivity index (χ3n) is 2.67. The first-order valence-electron chi connectivity index (χ1n) is 5.86. The van der Waals surface area contributed by atoms with E-state index in [2.05, 4.69) is 4.72 Å². The minimum atomic E-state index is -3.73. The lowest BCUT2D eigenvalue weighted by molar-refractivity contribution is -0.127. The molecule has 0 spiro atoms. The number of amides is 1. The number of nitrogen functional groups attached to an aromatic ring is 1. The van der Waals surface area contributed by atoms with E-state index in [-0.39, 0.29) is 17.3 Å². The Morgan fingerprint density at radius 1 is 1.37 bits per heavy atom. The zero-order valence-corrected chi connectivity index (χ0v) is 12.1. The van der Waals surface area contributed by atoms with Crippen molar-refractivity contribution in [3.63, 3.8) is 0 Å². The number of likely N-dealkylation sites (N-methyl/N-ethyl adjacent to an activating group) is 1. The Hall–Kier alpha value is -1.60. The quantitative estimate of drug-likeness (QED) is 0.756. The second-order valence-electron chi connectivity index (χ2n) is 4.33. The SMILES string of the molecule is CCc1ccc(N)cc1S(=O)(=O)NCC(=O)N(C)C. The fourth-order valence-electron chi connectivity index (χ4n) is 1.51. The van der Waals surface area contributed by atoms with Crippen molar-refractivity contribution in [1.29, 1.82) is 0 Å². The third kappa shape index (κ3) is 3.93. The van der Waals surface area contributed by atoms with Crippen LogP contribution in [0.15, 0.2) is 23.1 Å². The molecule has 1 aromatic rings. The van der Waals surface area contributed by atoms with Gasteiger partial charge in [0.15, 0.2) is 0 Å². The normalized spacial score (nSPS) is 11.3. The molecule has 3 N–H and O–H groups in total. The van der Waals surface area contributed by atoms with E-state index in [9.17, 15) is 13.2 Å². The third-order valence-corrected chi connectivity index (χ3v) is 4.16. The number of aryl methyl sites for hydroxylation is 1. The highest BCUT2D eigenvalue weighted by molar-refractivity contribution is 7.89. The number of sulfonamides is 1. The van der Waals surface area contributed by atoms with Crippen LogP contribution in [0, 0.1) is 0 Å². The number of carbonyl (C=O) groups excluding carboxylic acids is 1. The van der Waals surface area contributed by atoms with Crippen LogP contribution in [0.3, 0.4) is 0 Å². The van der Waals surface area contributed by atoms with Crippen LogP contribution in [0.25, 0.3) is 0 Å². The van der Waals surface area contributed by atoms with Gasteiger partial charge >= 0.3 is 0 Å². The van der Waals surface area contributed by atoms with Crippen molar-refractivity contribution < 1.29 is 13.2 Å². The molecule has 1 aromatic carbocycles. The lowest BCUT2D eigenvalue weighted by atomic mass is 10.1. The predicted molar refractivity (Wildman–Crippen MR) is 74.1 cm³/mol. The topological polar surface area (TPSA) is 92.5 Å². The van der Waals surface area contributed by atoms with E-state index in [1.807, 2.05) is 6.92 Å². The number of nitrogens with zero attached hydrogens (tertiary/aromatic N) is 1. The summed E-state index contributed by atoms with van der Waals surface area (Å²) < 4.78 is 26.6. The number of hydrogen-bond acceptors (Lipinski definition) is 4. The zero-order chi connectivity index (χ0) is 14.6. The average molecular weight is 285 g/mol. The smallest absolute Gasteiger partial charge is 0.241 e. The molecule has 1 amide bonds. The van der Waals surface area contributed by atoms with Crippen molar-refractivity contribution in [3.8, 4) is 0 Å². The molecule has 0 aliphatic heterocycles. The van der Waals surface area contributed by atoms with Crippen LogP contribution in [0.2, 0.25) is 0 Å². The van der Waals surface area contributed by atoms with Gasteiger partial charge in [-0.3, -0.25) is 4.79 Å². The molecule has 19 heavy (non-hydrogen) atoms. The summed E-state index contributed by atoms with van der Waals surface area (Å²) in [7, 11) is -0.603. The highest BCUT2D eigenvalue weighted by Crippen LogP contribution is 2.19. The van der Waals surface area contributed by atoms with E-state index in [0.717, 1.165) is 0 Å². The van der Waals surface area contributed by atoms with Gasteiger partial charge in [0, 0.05) is 19.8 Å². The largest absolute Gasteiger partial charge is 0.399 e. The summed E-state index contributed by atoms with van der Waals surface area (Å²) >= 11 is 0. The molecule has 0 saturated carbocycles. The minimum Gasteiger partial charge on any atom is -0.399 e. The van der Waals surface area contributed by atoms with E-state index in [1.54, 1.807) is 26.2 Å². The summed E-state index contributed by atoms with van der Waals surface area (Å²) in [6, 6.07) is 4.74. The zero-order valence-electron chi connectivity index (χ0n) is 11.3. The molecule has 7 heteroatoms. The van der Waals surface area contributed by atoms with Gasteiger partial charge in [0.1, 0.15) is 0 Å². The summed E-state index contributed by atoms with van der Waals surface area (Å²) in [6.45, 7) is 1.59. The van der Waals surface area contributed by atoms with Gasteiger partial charge in [-0.15, -0.1) is 0 Å². The fourth-order valence-corrected chi connectivity index (χ4v) is 2.82. The van der Waals surface area contributed by atoms with Crippen molar-refractivity contribution in [2.45, 2.75) is 18.2 Å². The van der Waals surface area contributed by atoms with Gasteiger partial charge in [-0.2, -0.15) is 0 Å². The van der Waals surface area contributed by atoms with Crippen LogP contribution >= 0.6 is 0 Å². The van der Waals surface area contributed by atoms with Gasteiger partial charge in [0.2, 0.25) is 15.9 Å². The second kappa shape index (κ2) is 6.03. The molecule has 6 nitrogen and oxygen atoms in total. The molecule has 106 valence electrons. The molecule has 1 rings (SSSR count). The molecular weight excluding hydrogens is 266 g/mol. The Morgan fingerprint density at radius 3 is 2.53 bits per heavy atom. The van der Waals surface area contributed by atoms with Crippen LogP contribution in [-0.4, -0.2) is 39.9 Å². The van der Waals surface area contributed by atoms with Crippen molar-refractivity contribution in [2.75, 3.05) is 26.4 Å². The first-order valence-corrected chi connectivity index (χ1v) is 7.34. The Bertz CT molecular complexity index is 568. The molecule has 0 fully saturated rings. The number of hydrogen-bond donors (Lipinski definition) is 2. The van der Waals surface area contributed by atoms with Crippen LogP contribution in [0.4, 0.5) is 5.69 Å². The van der Waals surface area contributed by atoms with Crippen molar-refractivity contribution in [2.24, 2.45) is 0 Å². The summed E-state index contributed by atoms with van der Waals surface area (Å²) in [5.41, 5.74) is 6.65. The van der Waals surface area contributed by atoms with E-state index in [0.29, 0.717) is 17.7 Å². The van der Waals surface area contributed by atoms with Crippen LogP contribution in [0.5, 0.6) is 0 Å². The fraction of sp³-hybridized carbons (Fsp3) is 0.417. The summed E-state index contributed by atoms with van der Waals surface area (Å²) in [5.74, 6) is -0.314.